The van der Waals surface area contributed by atoms with Gasteiger partial charge in [0.1, 0.15) is 17.5 Å². The number of amides is 2. The summed E-state index contributed by atoms with van der Waals surface area (Å²) in [5, 5.41) is 12.7. The van der Waals surface area contributed by atoms with Crippen LogP contribution in [-0.2, 0) is 13.1 Å². The Balaban J connectivity index is 0.997. The molecule has 2 fully saturated rings. The molecule has 6 rings (SSSR count). The average molecular weight is 594 g/mol. The predicted octanol–water partition coefficient (Wildman–Crippen LogP) is 5.10. The zero-order valence-electron chi connectivity index (χ0n) is 24.9. The number of likely N-dealkylation sites (tertiary alicyclic amines) is 1. The summed E-state index contributed by atoms with van der Waals surface area (Å²) in [7, 11) is 0. The van der Waals surface area contributed by atoms with Crippen molar-refractivity contribution in [3.63, 3.8) is 0 Å². The van der Waals surface area contributed by atoms with Gasteiger partial charge in [0.25, 0.3) is 11.8 Å². The molecule has 0 aliphatic carbocycles. The van der Waals surface area contributed by atoms with E-state index in [0.717, 1.165) is 56.5 Å². The fourth-order valence-corrected chi connectivity index (χ4v) is 6.03. The van der Waals surface area contributed by atoms with Crippen molar-refractivity contribution in [3.8, 4) is 6.07 Å². The second-order valence-corrected chi connectivity index (χ2v) is 11.9. The minimum absolute atomic E-state index is 0.00600. The van der Waals surface area contributed by atoms with Gasteiger partial charge in [-0.15, -0.1) is 0 Å². The molecule has 0 radical (unpaired) electrons. The first-order chi connectivity index (χ1) is 21.3. The van der Waals surface area contributed by atoms with Gasteiger partial charge in [-0.2, -0.15) is 5.26 Å². The fourth-order valence-electron chi connectivity index (χ4n) is 6.03. The van der Waals surface area contributed by atoms with Crippen molar-refractivity contribution < 1.29 is 18.4 Å². The van der Waals surface area contributed by atoms with Crippen LogP contribution in [0.4, 0.5) is 4.39 Å². The third-order valence-electron chi connectivity index (χ3n) is 8.66. The highest BCUT2D eigenvalue weighted by molar-refractivity contribution is 6.00. The number of piperidine rings is 1. The average Bonchev–Trinajstić information content (AvgIpc) is 3.47. The number of benzene rings is 3. The lowest BCUT2D eigenvalue weighted by Crippen LogP contribution is -2.48. The molecule has 1 N–H and O–H groups in total. The molecule has 0 atom stereocenters. The molecule has 0 spiro atoms. The topological polar surface area (TPSA) is 92.8 Å². The molecule has 3 heterocycles. The lowest BCUT2D eigenvalue weighted by molar-refractivity contribution is 0.0628. The van der Waals surface area contributed by atoms with E-state index in [-0.39, 0.29) is 29.2 Å². The van der Waals surface area contributed by atoms with Crippen molar-refractivity contribution in [2.24, 2.45) is 0 Å². The van der Waals surface area contributed by atoms with Crippen molar-refractivity contribution in [2.75, 3.05) is 39.3 Å². The largest absolute Gasteiger partial charge is 0.451 e. The monoisotopic (exact) mass is 593 g/mol. The van der Waals surface area contributed by atoms with Gasteiger partial charge in [-0.05, 0) is 67.3 Å². The summed E-state index contributed by atoms with van der Waals surface area (Å²) in [6.45, 7) is 8.08. The van der Waals surface area contributed by atoms with E-state index in [1.165, 1.54) is 23.3 Å². The summed E-state index contributed by atoms with van der Waals surface area (Å²) in [5.74, 6) is -0.553. The maximum atomic E-state index is 14.0. The summed E-state index contributed by atoms with van der Waals surface area (Å²) in [4.78, 5) is 32.8. The molecule has 3 aromatic carbocycles. The van der Waals surface area contributed by atoms with Crippen molar-refractivity contribution in [2.45, 2.75) is 38.9 Å². The molecular formula is C35H36FN5O3. The van der Waals surface area contributed by atoms with Crippen LogP contribution in [0, 0.1) is 24.1 Å². The Hall–Kier alpha value is -4.52. The molecule has 2 aliphatic heterocycles. The molecular weight excluding hydrogens is 557 g/mol. The van der Waals surface area contributed by atoms with Crippen LogP contribution in [0.1, 0.15) is 56.0 Å². The molecule has 1 aromatic heterocycles. The smallest absolute Gasteiger partial charge is 0.287 e. The minimum atomic E-state index is -0.498. The molecule has 0 saturated carbocycles. The van der Waals surface area contributed by atoms with E-state index in [2.05, 4.69) is 46.3 Å². The molecule has 0 unspecified atom stereocenters. The Morgan fingerprint density at radius 3 is 2.27 bits per heavy atom. The molecule has 0 bridgehead atoms. The number of carbonyl (C=O) groups is 2. The Morgan fingerprint density at radius 1 is 0.886 bits per heavy atom. The van der Waals surface area contributed by atoms with Gasteiger partial charge in [0.2, 0.25) is 0 Å². The summed E-state index contributed by atoms with van der Waals surface area (Å²) in [6, 6.07) is 22.2. The van der Waals surface area contributed by atoms with E-state index in [0.29, 0.717) is 30.8 Å². The van der Waals surface area contributed by atoms with Crippen molar-refractivity contribution in [3.05, 3.63) is 106 Å². The van der Waals surface area contributed by atoms with E-state index in [1.54, 1.807) is 30.3 Å². The number of hydrogen-bond donors (Lipinski definition) is 1. The highest BCUT2D eigenvalue weighted by Crippen LogP contribution is 2.23. The second-order valence-electron chi connectivity index (χ2n) is 11.9. The third kappa shape index (κ3) is 6.83. The number of halogens is 1. The van der Waals surface area contributed by atoms with Gasteiger partial charge in [-0.1, -0.05) is 35.9 Å². The number of nitrogens with zero attached hydrogens (tertiary/aromatic N) is 4. The maximum Gasteiger partial charge on any atom is 0.287 e. The maximum absolute atomic E-state index is 14.0. The number of rotatable bonds is 7. The Morgan fingerprint density at radius 2 is 1.57 bits per heavy atom. The quantitative estimate of drug-likeness (QED) is 0.321. The summed E-state index contributed by atoms with van der Waals surface area (Å²) < 4.78 is 19.8. The van der Waals surface area contributed by atoms with Crippen LogP contribution in [0.2, 0.25) is 0 Å². The normalized spacial score (nSPS) is 16.6. The van der Waals surface area contributed by atoms with Crippen LogP contribution in [0.25, 0.3) is 11.0 Å². The number of hydrogen-bond acceptors (Lipinski definition) is 6. The van der Waals surface area contributed by atoms with Gasteiger partial charge in [0.05, 0.1) is 5.56 Å². The lowest BCUT2D eigenvalue weighted by atomic mass is 10.0. The van der Waals surface area contributed by atoms with Crippen molar-refractivity contribution in [1.82, 2.24) is 20.0 Å². The Labute approximate surface area is 256 Å². The van der Waals surface area contributed by atoms with Crippen LogP contribution in [0.15, 0.2) is 71.1 Å². The molecule has 8 nitrogen and oxygen atoms in total. The van der Waals surface area contributed by atoms with Gasteiger partial charge >= 0.3 is 0 Å². The second kappa shape index (κ2) is 13.0. The predicted molar refractivity (Wildman–Crippen MR) is 165 cm³/mol. The van der Waals surface area contributed by atoms with Crippen molar-refractivity contribution >= 4 is 22.8 Å². The van der Waals surface area contributed by atoms with Crippen LogP contribution in [0.5, 0.6) is 0 Å². The summed E-state index contributed by atoms with van der Waals surface area (Å²) >= 11 is 0. The zero-order chi connectivity index (χ0) is 30.6. The Kier molecular flexibility index (Phi) is 8.73. The number of carbonyl (C=O) groups excluding carboxylic acids is 2. The van der Waals surface area contributed by atoms with Gasteiger partial charge in [-0.25, -0.2) is 4.39 Å². The van der Waals surface area contributed by atoms with Gasteiger partial charge in [0, 0.05) is 69.3 Å². The summed E-state index contributed by atoms with van der Waals surface area (Å²) in [5.41, 5.74) is 4.56. The van der Waals surface area contributed by atoms with Gasteiger partial charge < -0.3 is 14.6 Å². The SMILES string of the molecule is Cc1ccc(CN2CCN(C(=O)c3ccc4oc(C(=O)NC5CCN(Cc6ccc(C#N)c(F)c6)CC5)cc4c3)CC2)cc1. The molecule has 9 heteroatoms. The van der Waals surface area contributed by atoms with E-state index in [1.807, 2.05) is 11.0 Å². The molecule has 2 saturated heterocycles. The van der Waals surface area contributed by atoms with Crippen LogP contribution in [-0.4, -0.2) is 71.8 Å². The standard InChI is InChI=1S/C35H36FN5O3/c1-24-2-4-25(5-3-24)22-40-14-16-41(17-15-40)35(43)27-8-9-32-29(19-27)20-33(44-32)34(42)38-30-10-12-39(13-11-30)23-26-6-7-28(21-37)31(36)18-26/h2-9,18-20,30H,10-17,22-23H2,1H3,(H,38,42). The lowest BCUT2D eigenvalue weighted by Gasteiger charge is -2.34. The molecule has 4 aromatic rings. The van der Waals surface area contributed by atoms with Crippen molar-refractivity contribution in [1.29, 1.82) is 5.26 Å². The number of nitriles is 1. The summed E-state index contributed by atoms with van der Waals surface area (Å²) in [6.07, 6.45) is 1.53. The van der Waals surface area contributed by atoms with E-state index in [9.17, 15) is 14.0 Å². The first-order valence-electron chi connectivity index (χ1n) is 15.2. The van der Waals surface area contributed by atoms with Crippen LogP contribution >= 0.6 is 0 Å². The highest BCUT2D eigenvalue weighted by Gasteiger charge is 2.25. The van der Waals surface area contributed by atoms with E-state index in [4.69, 9.17) is 9.68 Å². The number of fused-ring (bicyclic) bond motifs is 1. The minimum Gasteiger partial charge on any atom is -0.451 e. The Bertz CT molecular complexity index is 1690. The number of furan rings is 1. The van der Waals surface area contributed by atoms with Gasteiger partial charge in [-0.3, -0.25) is 19.4 Å². The van der Waals surface area contributed by atoms with E-state index < -0.39 is 5.82 Å². The molecule has 44 heavy (non-hydrogen) atoms. The molecule has 226 valence electrons. The van der Waals surface area contributed by atoms with Gasteiger partial charge in [0.15, 0.2) is 5.76 Å². The first-order valence-corrected chi connectivity index (χ1v) is 15.2. The number of aryl methyl sites for hydroxylation is 1. The molecule has 2 amide bonds. The van der Waals surface area contributed by atoms with E-state index >= 15 is 0 Å². The van der Waals surface area contributed by atoms with Crippen LogP contribution < -0.4 is 5.32 Å². The zero-order valence-corrected chi connectivity index (χ0v) is 24.9. The molecule has 2 aliphatic rings. The first kappa shape index (κ1) is 29.5. The van der Waals surface area contributed by atoms with Crippen LogP contribution in [0.3, 0.4) is 0 Å². The number of piperazine rings is 1. The third-order valence-corrected chi connectivity index (χ3v) is 8.66. The highest BCUT2D eigenvalue weighted by atomic mass is 19.1. The fraction of sp³-hybridized carbons (Fsp3) is 0.343. The number of nitrogens with one attached hydrogen (secondary N) is 1.